The molecule has 0 saturated carbocycles. The molecule has 0 radical (unpaired) electrons. The summed E-state index contributed by atoms with van der Waals surface area (Å²) in [6, 6.07) is 2.87. The summed E-state index contributed by atoms with van der Waals surface area (Å²) in [6.07, 6.45) is 0. The minimum absolute atomic E-state index is 0.0504. The molecule has 0 saturated heterocycles. The number of halogens is 5. The van der Waals surface area contributed by atoms with Gasteiger partial charge in [-0.05, 0) is 6.07 Å². The largest absolute Gasteiger partial charge is 0.339 e. The normalized spacial score (nSPS) is 10.5. The van der Waals surface area contributed by atoms with Gasteiger partial charge in [0.15, 0.2) is 29.1 Å². The Morgan fingerprint density at radius 2 is 1.50 bits per heavy atom. The van der Waals surface area contributed by atoms with Crippen molar-refractivity contribution in [1.29, 1.82) is 0 Å². The van der Waals surface area contributed by atoms with Crippen LogP contribution in [-0.2, 0) is 0 Å². The standard InChI is InChI=1S/C11H7Cl2F3N4/c12-5-3-6(13)11(20-17)19-10(5)18-4-1-7(14)9(16)8(15)2-4/h1-3H,17H2,(H2,18,19,20). The predicted molar refractivity (Wildman–Crippen MR) is 71.7 cm³/mol. The van der Waals surface area contributed by atoms with E-state index < -0.39 is 17.5 Å². The fourth-order valence-corrected chi connectivity index (χ4v) is 1.88. The van der Waals surface area contributed by atoms with Gasteiger partial charge >= 0.3 is 0 Å². The summed E-state index contributed by atoms with van der Waals surface area (Å²) >= 11 is 11.7. The number of hydrazine groups is 1. The number of hydrogen-bond donors (Lipinski definition) is 3. The first-order chi connectivity index (χ1) is 9.42. The smallest absolute Gasteiger partial charge is 0.194 e. The molecule has 0 aliphatic rings. The van der Waals surface area contributed by atoms with Gasteiger partial charge in [0.2, 0.25) is 0 Å². The van der Waals surface area contributed by atoms with Gasteiger partial charge in [-0.2, -0.15) is 0 Å². The average molecular weight is 323 g/mol. The lowest BCUT2D eigenvalue weighted by Crippen LogP contribution is -2.10. The van der Waals surface area contributed by atoms with Gasteiger partial charge < -0.3 is 10.7 Å². The third kappa shape index (κ3) is 2.90. The summed E-state index contributed by atoms with van der Waals surface area (Å²) < 4.78 is 39.0. The van der Waals surface area contributed by atoms with Crippen LogP contribution in [0.15, 0.2) is 18.2 Å². The van der Waals surface area contributed by atoms with Crippen LogP contribution < -0.4 is 16.6 Å². The van der Waals surface area contributed by atoms with Gasteiger partial charge in [0.25, 0.3) is 0 Å². The lowest BCUT2D eigenvalue weighted by atomic mass is 10.3. The second-order valence-corrected chi connectivity index (χ2v) is 4.49. The van der Waals surface area contributed by atoms with Crippen molar-refractivity contribution in [2.24, 2.45) is 5.84 Å². The number of hydrogen-bond acceptors (Lipinski definition) is 4. The fourth-order valence-electron chi connectivity index (χ4n) is 1.42. The summed E-state index contributed by atoms with van der Waals surface area (Å²) in [5.74, 6) is 1.12. The molecular formula is C11H7Cl2F3N4. The van der Waals surface area contributed by atoms with Gasteiger partial charge in [-0.25, -0.2) is 24.0 Å². The molecule has 0 amide bonds. The Hall–Kier alpha value is -1.70. The Bertz CT molecular complexity index is 643. The molecule has 0 fully saturated rings. The first-order valence-electron chi connectivity index (χ1n) is 5.16. The quantitative estimate of drug-likeness (QED) is 0.456. The molecule has 20 heavy (non-hydrogen) atoms. The van der Waals surface area contributed by atoms with Crippen LogP contribution in [0.2, 0.25) is 10.0 Å². The van der Waals surface area contributed by atoms with Crippen LogP contribution in [0.25, 0.3) is 0 Å². The zero-order valence-corrected chi connectivity index (χ0v) is 11.2. The first kappa shape index (κ1) is 14.7. The molecule has 0 bridgehead atoms. The van der Waals surface area contributed by atoms with E-state index in [1.165, 1.54) is 6.07 Å². The zero-order valence-electron chi connectivity index (χ0n) is 9.65. The number of benzene rings is 1. The maximum Gasteiger partial charge on any atom is 0.194 e. The van der Waals surface area contributed by atoms with Crippen molar-refractivity contribution < 1.29 is 13.2 Å². The average Bonchev–Trinajstić information content (AvgIpc) is 2.39. The number of nitrogens with two attached hydrogens (primary N) is 1. The second kappa shape index (κ2) is 5.74. The van der Waals surface area contributed by atoms with Gasteiger partial charge in [0, 0.05) is 17.8 Å². The molecule has 1 heterocycles. The molecule has 4 N–H and O–H groups in total. The van der Waals surface area contributed by atoms with Crippen LogP contribution in [0.3, 0.4) is 0 Å². The summed E-state index contributed by atoms with van der Waals surface area (Å²) in [5, 5.41) is 2.80. The van der Waals surface area contributed by atoms with Crippen molar-refractivity contribution in [2.45, 2.75) is 0 Å². The molecule has 0 aliphatic carbocycles. The highest BCUT2D eigenvalue weighted by Crippen LogP contribution is 2.31. The van der Waals surface area contributed by atoms with Crippen LogP contribution in [0.5, 0.6) is 0 Å². The van der Waals surface area contributed by atoms with Crippen molar-refractivity contribution in [1.82, 2.24) is 4.98 Å². The van der Waals surface area contributed by atoms with Gasteiger partial charge in [-0.15, -0.1) is 0 Å². The molecule has 0 spiro atoms. The lowest BCUT2D eigenvalue weighted by Gasteiger charge is -2.11. The number of rotatable bonds is 3. The second-order valence-electron chi connectivity index (χ2n) is 3.67. The first-order valence-corrected chi connectivity index (χ1v) is 5.92. The highest BCUT2D eigenvalue weighted by Gasteiger charge is 2.13. The molecule has 1 aromatic heterocycles. The Balaban J connectivity index is 2.39. The van der Waals surface area contributed by atoms with Crippen LogP contribution >= 0.6 is 23.2 Å². The topological polar surface area (TPSA) is 63.0 Å². The molecule has 0 aliphatic heterocycles. The monoisotopic (exact) mass is 322 g/mol. The van der Waals surface area contributed by atoms with Crippen molar-refractivity contribution in [3.63, 3.8) is 0 Å². The SMILES string of the molecule is NNc1nc(Nc2cc(F)c(F)c(F)c2)c(Cl)cc1Cl. The van der Waals surface area contributed by atoms with Gasteiger partial charge in [-0.3, -0.25) is 0 Å². The molecule has 106 valence electrons. The van der Waals surface area contributed by atoms with Crippen molar-refractivity contribution >= 4 is 40.5 Å². The summed E-state index contributed by atoms with van der Waals surface area (Å²) in [6.45, 7) is 0. The maximum absolute atomic E-state index is 13.1. The summed E-state index contributed by atoms with van der Waals surface area (Å²) in [5.41, 5.74) is 2.16. The van der Waals surface area contributed by atoms with E-state index in [2.05, 4.69) is 15.7 Å². The molecule has 1 aromatic carbocycles. The highest BCUT2D eigenvalue weighted by molar-refractivity contribution is 6.37. The van der Waals surface area contributed by atoms with Crippen molar-refractivity contribution in [2.75, 3.05) is 10.7 Å². The van der Waals surface area contributed by atoms with E-state index in [-0.39, 0.29) is 27.4 Å². The molecule has 0 atom stereocenters. The van der Waals surface area contributed by atoms with Crippen LogP contribution in [0, 0.1) is 17.5 Å². The maximum atomic E-state index is 13.1. The minimum Gasteiger partial charge on any atom is -0.339 e. The number of pyridine rings is 1. The van der Waals surface area contributed by atoms with E-state index in [9.17, 15) is 13.2 Å². The number of aromatic nitrogens is 1. The third-order valence-corrected chi connectivity index (χ3v) is 2.89. The van der Waals surface area contributed by atoms with E-state index in [1.54, 1.807) is 0 Å². The molecule has 2 rings (SSSR count). The van der Waals surface area contributed by atoms with E-state index in [1.807, 2.05) is 0 Å². The lowest BCUT2D eigenvalue weighted by molar-refractivity contribution is 0.448. The summed E-state index contributed by atoms with van der Waals surface area (Å²) in [4.78, 5) is 3.92. The van der Waals surface area contributed by atoms with Crippen LogP contribution in [-0.4, -0.2) is 4.98 Å². The van der Waals surface area contributed by atoms with Crippen LogP contribution in [0.1, 0.15) is 0 Å². The van der Waals surface area contributed by atoms with Gasteiger partial charge in [0.05, 0.1) is 10.0 Å². The molecule has 2 aromatic rings. The van der Waals surface area contributed by atoms with E-state index in [0.29, 0.717) is 0 Å². The number of nitrogens with zero attached hydrogens (tertiary/aromatic N) is 1. The van der Waals surface area contributed by atoms with E-state index in [4.69, 9.17) is 29.0 Å². The number of nitrogen functional groups attached to an aromatic ring is 1. The molecule has 4 nitrogen and oxygen atoms in total. The molecule has 9 heteroatoms. The highest BCUT2D eigenvalue weighted by atomic mass is 35.5. The van der Waals surface area contributed by atoms with E-state index >= 15 is 0 Å². The number of anilines is 3. The third-order valence-electron chi connectivity index (χ3n) is 2.31. The van der Waals surface area contributed by atoms with Crippen molar-refractivity contribution in [3.05, 3.63) is 45.7 Å². The van der Waals surface area contributed by atoms with Crippen molar-refractivity contribution in [3.8, 4) is 0 Å². The molecule has 0 unspecified atom stereocenters. The Morgan fingerprint density at radius 3 is 2.05 bits per heavy atom. The fraction of sp³-hybridized carbons (Fsp3) is 0. The Morgan fingerprint density at radius 1 is 0.950 bits per heavy atom. The predicted octanol–water partition coefficient (Wildman–Crippen LogP) is 3.83. The minimum atomic E-state index is -1.56. The van der Waals surface area contributed by atoms with Crippen LogP contribution in [0.4, 0.5) is 30.5 Å². The molecular weight excluding hydrogens is 316 g/mol. The Kier molecular flexibility index (Phi) is 4.22. The van der Waals surface area contributed by atoms with E-state index in [0.717, 1.165) is 12.1 Å². The van der Waals surface area contributed by atoms with Gasteiger partial charge in [-0.1, -0.05) is 23.2 Å². The summed E-state index contributed by atoms with van der Waals surface area (Å²) in [7, 11) is 0. The zero-order chi connectivity index (χ0) is 14.9. The van der Waals surface area contributed by atoms with Gasteiger partial charge in [0.1, 0.15) is 0 Å². The number of nitrogens with one attached hydrogen (secondary N) is 2. The Labute approximate surface area is 121 Å².